The zero-order valence-corrected chi connectivity index (χ0v) is 17.4. The number of rotatable bonds is 5. The van der Waals surface area contributed by atoms with E-state index in [4.69, 9.17) is 14.7 Å². The average molecular weight is 409 g/mol. The summed E-state index contributed by atoms with van der Waals surface area (Å²) in [6.45, 7) is 5.64. The first-order valence-corrected chi connectivity index (χ1v) is 10.7. The molecule has 0 unspecified atom stereocenters. The molecule has 6 nitrogen and oxygen atoms in total. The van der Waals surface area contributed by atoms with Gasteiger partial charge in [-0.15, -0.1) is 0 Å². The van der Waals surface area contributed by atoms with Gasteiger partial charge in [0.05, 0.1) is 29.0 Å². The van der Waals surface area contributed by atoms with Crippen LogP contribution in [0.1, 0.15) is 13.8 Å². The van der Waals surface area contributed by atoms with Crippen LogP contribution in [0.3, 0.4) is 0 Å². The molecule has 2 atom stereocenters. The molecule has 29 heavy (non-hydrogen) atoms. The quantitative estimate of drug-likeness (QED) is 0.644. The molecule has 0 aliphatic carbocycles. The molecule has 2 heterocycles. The van der Waals surface area contributed by atoms with E-state index in [1.54, 1.807) is 0 Å². The molecule has 1 fully saturated rings. The van der Waals surface area contributed by atoms with Crippen molar-refractivity contribution >= 4 is 40.2 Å². The van der Waals surface area contributed by atoms with Crippen molar-refractivity contribution in [3.8, 4) is 0 Å². The number of para-hydroxylation sites is 3. The molecule has 1 aromatic heterocycles. The second-order valence-corrected chi connectivity index (χ2v) is 8.17. The lowest BCUT2D eigenvalue weighted by molar-refractivity contribution is -0.113. The lowest BCUT2D eigenvalue weighted by atomic mass is 10.2. The van der Waals surface area contributed by atoms with E-state index in [0.29, 0.717) is 0 Å². The Hall–Kier alpha value is -2.64. The molecule has 2 aromatic carbocycles. The number of benzene rings is 2. The minimum absolute atomic E-state index is 0.0641. The summed E-state index contributed by atoms with van der Waals surface area (Å²) < 4.78 is 5.87. The molecule has 4 rings (SSSR count). The molecule has 1 N–H and O–H groups in total. The summed E-state index contributed by atoms with van der Waals surface area (Å²) in [5, 5.41) is 3.69. The topological polar surface area (TPSA) is 67.4 Å². The summed E-state index contributed by atoms with van der Waals surface area (Å²) in [6.07, 6.45) is 0.234. The van der Waals surface area contributed by atoms with Crippen molar-refractivity contribution in [2.75, 3.05) is 29.1 Å². The number of hydrogen-bond acceptors (Lipinski definition) is 6. The SMILES string of the molecule is C[C@@H]1CN(c2nc3ccccc3nc2SCC(=O)Nc2ccccc2)C[C@@H](C)O1. The minimum Gasteiger partial charge on any atom is -0.372 e. The molecule has 3 aromatic rings. The number of ether oxygens (including phenoxy) is 1. The van der Waals surface area contributed by atoms with E-state index in [0.717, 1.165) is 40.7 Å². The predicted molar refractivity (Wildman–Crippen MR) is 118 cm³/mol. The van der Waals surface area contributed by atoms with Crippen LogP contribution >= 0.6 is 11.8 Å². The van der Waals surface area contributed by atoms with Gasteiger partial charge in [-0.1, -0.05) is 42.1 Å². The van der Waals surface area contributed by atoms with Crippen LogP contribution < -0.4 is 10.2 Å². The predicted octanol–water partition coefficient (Wildman–Crippen LogP) is 3.97. The first-order valence-electron chi connectivity index (χ1n) is 9.73. The Balaban J connectivity index is 1.57. The third-order valence-electron chi connectivity index (χ3n) is 4.64. The van der Waals surface area contributed by atoms with E-state index in [9.17, 15) is 4.79 Å². The summed E-state index contributed by atoms with van der Waals surface area (Å²) in [7, 11) is 0. The highest BCUT2D eigenvalue weighted by Crippen LogP contribution is 2.31. The van der Waals surface area contributed by atoms with Crippen molar-refractivity contribution in [2.24, 2.45) is 0 Å². The number of aromatic nitrogens is 2. The standard InChI is InChI=1S/C22H24N4O2S/c1-15-12-26(13-16(2)28-15)21-22(25-19-11-7-6-10-18(19)24-21)29-14-20(27)23-17-8-4-3-5-9-17/h3-11,15-16H,12-14H2,1-2H3,(H,23,27)/t15-,16-/m1/s1. The number of fused-ring (bicyclic) bond motifs is 1. The summed E-state index contributed by atoms with van der Waals surface area (Å²) in [4.78, 5) is 24.3. The molecule has 1 aliphatic heterocycles. The van der Waals surface area contributed by atoms with E-state index in [1.807, 2.05) is 54.6 Å². The monoisotopic (exact) mass is 408 g/mol. The van der Waals surface area contributed by atoms with Crippen molar-refractivity contribution < 1.29 is 9.53 Å². The molecule has 7 heteroatoms. The van der Waals surface area contributed by atoms with Crippen LogP contribution in [0.15, 0.2) is 59.6 Å². The van der Waals surface area contributed by atoms with Gasteiger partial charge in [-0.05, 0) is 38.1 Å². The number of hydrogen-bond donors (Lipinski definition) is 1. The van der Waals surface area contributed by atoms with Crippen LogP contribution in [0.4, 0.5) is 11.5 Å². The van der Waals surface area contributed by atoms with Crippen molar-refractivity contribution in [2.45, 2.75) is 31.1 Å². The molecule has 150 valence electrons. The van der Waals surface area contributed by atoms with Crippen LogP contribution in [0.5, 0.6) is 0 Å². The highest BCUT2D eigenvalue weighted by molar-refractivity contribution is 8.00. The zero-order chi connectivity index (χ0) is 20.2. The fraction of sp³-hybridized carbons (Fsp3) is 0.318. The van der Waals surface area contributed by atoms with Gasteiger partial charge in [0.15, 0.2) is 5.82 Å². The Labute approximate surface area is 174 Å². The van der Waals surface area contributed by atoms with Gasteiger partial charge in [-0.3, -0.25) is 4.79 Å². The lowest BCUT2D eigenvalue weighted by Gasteiger charge is -2.36. The smallest absolute Gasteiger partial charge is 0.234 e. The van der Waals surface area contributed by atoms with Crippen molar-refractivity contribution in [1.29, 1.82) is 0 Å². The molecule has 1 amide bonds. The highest BCUT2D eigenvalue weighted by Gasteiger charge is 2.26. The van der Waals surface area contributed by atoms with Crippen molar-refractivity contribution in [3.05, 3.63) is 54.6 Å². The van der Waals surface area contributed by atoms with E-state index in [-0.39, 0.29) is 23.9 Å². The molecular weight excluding hydrogens is 384 g/mol. The maximum atomic E-state index is 12.4. The van der Waals surface area contributed by atoms with Gasteiger partial charge in [0.2, 0.25) is 5.91 Å². The summed E-state index contributed by atoms with van der Waals surface area (Å²) in [5.74, 6) is 1.03. The van der Waals surface area contributed by atoms with Gasteiger partial charge in [0, 0.05) is 18.8 Å². The lowest BCUT2D eigenvalue weighted by Crippen LogP contribution is -2.46. The Morgan fingerprint density at radius 1 is 1.03 bits per heavy atom. The molecule has 0 bridgehead atoms. The van der Waals surface area contributed by atoms with Crippen molar-refractivity contribution in [1.82, 2.24) is 9.97 Å². The highest BCUT2D eigenvalue weighted by atomic mass is 32.2. The summed E-state index contributed by atoms with van der Waals surface area (Å²) in [6, 6.07) is 17.3. The van der Waals surface area contributed by atoms with E-state index in [1.165, 1.54) is 11.8 Å². The van der Waals surface area contributed by atoms with Crippen LogP contribution in [-0.2, 0) is 9.53 Å². The Kier molecular flexibility index (Phi) is 5.97. The van der Waals surface area contributed by atoms with Crippen LogP contribution in [0.2, 0.25) is 0 Å². The second-order valence-electron chi connectivity index (χ2n) is 7.21. The van der Waals surface area contributed by atoms with Crippen LogP contribution in [-0.4, -0.2) is 46.9 Å². The van der Waals surface area contributed by atoms with Crippen LogP contribution in [0.25, 0.3) is 11.0 Å². The van der Waals surface area contributed by atoms with Gasteiger partial charge in [0.1, 0.15) is 5.03 Å². The first-order chi connectivity index (χ1) is 14.1. The Bertz CT molecular complexity index is 989. The fourth-order valence-corrected chi connectivity index (χ4v) is 4.29. The average Bonchev–Trinajstić information content (AvgIpc) is 2.71. The largest absolute Gasteiger partial charge is 0.372 e. The molecule has 1 saturated heterocycles. The first kappa shape index (κ1) is 19.7. The normalized spacial score (nSPS) is 19.3. The fourth-order valence-electron chi connectivity index (χ4n) is 3.48. The van der Waals surface area contributed by atoms with Gasteiger partial charge in [-0.2, -0.15) is 0 Å². The molecule has 1 aliphatic rings. The number of morpholine rings is 1. The minimum atomic E-state index is -0.0641. The Morgan fingerprint density at radius 2 is 1.66 bits per heavy atom. The number of nitrogens with zero attached hydrogens (tertiary/aromatic N) is 3. The Morgan fingerprint density at radius 3 is 2.34 bits per heavy atom. The van der Waals surface area contributed by atoms with Gasteiger partial charge >= 0.3 is 0 Å². The van der Waals surface area contributed by atoms with Crippen LogP contribution in [0, 0.1) is 0 Å². The number of thioether (sulfide) groups is 1. The third-order valence-corrected chi connectivity index (χ3v) is 5.59. The second kappa shape index (κ2) is 8.80. The third kappa shape index (κ3) is 4.86. The zero-order valence-electron chi connectivity index (χ0n) is 16.5. The number of amides is 1. The summed E-state index contributed by atoms with van der Waals surface area (Å²) in [5.41, 5.74) is 2.47. The van der Waals surface area contributed by atoms with Gasteiger partial charge < -0.3 is 15.0 Å². The molecule has 0 saturated carbocycles. The number of carbonyl (C=O) groups is 1. The molecular formula is C22H24N4O2S. The number of nitrogens with one attached hydrogen (secondary N) is 1. The van der Waals surface area contributed by atoms with Gasteiger partial charge in [0.25, 0.3) is 0 Å². The summed E-state index contributed by atoms with van der Waals surface area (Å²) >= 11 is 1.42. The molecule has 0 spiro atoms. The maximum absolute atomic E-state index is 12.4. The van der Waals surface area contributed by atoms with E-state index >= 15 is 0 Å². The number of carbonyl (C=O) groups excluding carboxylic acids is 1. The van der Waals surface area contributed by atoms with E-state index < -0.39 is 0 Å². The van der Waals surface area contributed by atoms with E-state index in [2.05, 4.69) is 24.1 Å². The maximum Gasteiger partial charge on any atom is 0.234 e. The number of anilines is 2. The van der Waals surface area contributed by atoms with Crippen molar-refractivity contribution in [3.63, 3.8) is 0 Å². The molecule has 0 radical (unpaired) electrons. The van der Waals surface area contributed by atoms with Gasteiger partial charge in [-0.25, -0.2) is 9.97 Å².